The molecule has 0 bridgehead atoms. The SMILES string of the molecule is Fc1cccnc1N1CCCCC1C1CCCN1. The van der Waals surface area contributed by atoms with Gasteiger partial charge in [-0.05, 0) is 50.8 Å². The van der Waals surface area contributed by atoms with Crippen LogP contribution >= 0.6 is 0 Å². The van der Waals surface area contributed by atoms with Crippen LogP contribution in [0.1, 0.15) is 32.1 Å². The number of rotatable bonds is 2. The zero-order chi connectivity index (χ0) is 12.4. The summed E-state index contributed by atoms with van der Waals surface area (Å²) < 4.78 is 13.9. The van der Waals surface area contributed by atoms with Crippen molar-refractivity contribution in [1.29, 1.82) is 0 Å². The van der Waals surface area contributed by atoms with E-state index in [0.29, 0.717) is 17.9 Å². The molecule has 0 spiro atoms. The van der Waals surface area contributed by atoms with Crippen molar-refractivity contribution in [3.05, 3.63) is 24.1 Å². The lowest BCUT2D eigenvalue weighted by atomic mass is 9.94. The Kier molecular flexibility index (Phi) is 3.46. The Morgan fingerprint density at radius 1 is 1.28 bits per heavy atom. The number of piperidine rings is 1. The molecule has 1 aromatic heterocycles. The summed E-state index contributed by atoms with van der Waals surface area (Å²) in [5, 5.41) is 3.55. The van der Waals surface area contributed by atoms with Crippen LogP contribution in [0.15, 0.2) is 18.3 Å². The van der Waals surface area contributed by atoms with Crippen LogP contribution in [0.3, 0.4) is 0 Å². The lowest BCUT2D eigenvalue weighted by molar-refractivity contribution is 0.372. The lowest BCUT2D eigenvalue weighted by Gasteiger charge is -2.40. The van der Waals surface area contributed by atoms with Gasteiger partial charge in [0.1, 0.15) is 0 Å². The molecule has 2 atom stereocenters. The summed E-state index contributed by atoms with van der Waals surface area (Å²) in [5.74, 6) is 0.346. The Morgan fingerprint density at radius 2 is 2.22 bits per heavy atom. The van der Waals surface area contributed by atoms with E-state index in [-0.39, 0.29) is 5.82 Å². The third kappa shape index (κ3) is 2.21. The molecule has 0 amide bonds. The van der Waals surface area contributed by atoms with Gasteiger partial charge in [-0.2, -0.15) is 0 Å². The second-order valence-corrected chi connectivity index (χ2v) is 5.27. The summed E-state index contributed by atoms with van der Waals surface area (Å²) in [6, 6.07) is 4.08. The Balaban J connectivity index is 1.85. The van der Waals surface area contributed by atoms with Gasteiger partial charge in [-0.1, -0.05) is 0 Å². The smallest absolute Gasteiger partial charge is 0.165 e. The zero-order valence-electron chi connectivity index (χ0n) is 10.6. The van der Waals surface area contributed by atoms with Crippen molar-refractivity contribution in [3.63, 3.8) is 0 Å². The molecule has 2 aliphatic rings. The summed E-state index contributed by atoms with van der Waals surface area (Å²) in [6.45, 7) is 2.02. The molecule has 98 valence electrons. The molecule has 2 saturated heterocycles. The predicted octanol–water partition coefficient (Wildman–Crippen LogP) is 2.33. The molecule has 2 fully saturated rings. The molecule has 0 aliphatic carbocycles. The maximum atomic E-state index is 13.9. The van der Waals surface area contributed by atoms with Crippen molar-refractivity contribution in [3.8, 4) is 0 Å². The number of halogens is 1. The second kappa shape index (κ2) is 5.22. The topological polar surface area (TPSA) is 28.2 Å². The Morgan fingerprint density at radius 3 is 3.00 bits per heavy atom. The van der Waals surface area contributed by atoms with Crippen molar-refractivity contribution in [2.45, 2.75) is 44.2 Å². The number of pyridine rings is 1. The summed E-state index contributed by atoms with van der Waals surface area (Å²) >= 11 is 0. The van der Waals surface area contributed by atoms with Gasteiger partial charge in [-0.3, -0.25) is 0 Å². The van der Waals surface area contributed by atoms with E-state index in [2.05, 4.69) is 15.2 Å². The molecule has 3 nitrogen and oxygen atoms in total. The van der Waals surface area contributed by atoms with Crippen molar-refractivity contribution >= 4 is 5.82 Å². The van der Waals surface area contributed by atoms with E-state index in [0.717, 1.165) is 25.9 Å². The summed E-state index contributed by atoms with van der Waals surface area (Å²) in [6.07, 6.45) is 7.65. The molecule has 18 heavy (non-hydrogen) atoms. The van der Waals surface area contributed by atoms with Gasteiger partial charge >= 0.3 is 0 Å². The molecule has 3 rings (SSSR count). The maximum Gasteiger partial charge on any atom is 0.165 e. The highest BCUT2D eigenvalue weighted by atomic mass is 19.1. The van der Waals surface area contributed by atoms with Gasteiger partial charge in [0.15, 0.2) is 11.6 Å². The van der Waals surface area contributed by atoms with E-state index in [1.165, 1.54) is 25.3 Å². The highest BCUT2D eigenvalue weighted by molar-refractivity contribution is 5.42. The highest BCUT2D eigenvalue weighted by Crippen LogP contribution is 2.29. The van der Waals surface area contributed by atoms with Gasteiger partial charge < -0.3 is 10.2 Å². The van der Waals surface area contributed by atoms with Crippen molar-refractivity contribution in [2.24, 2.45) is 0 Å². The normalized spacial score (nSPS) is 28.6. The Hall–Kier alpha value is -1.16. The number of anilines is 1. The molecule has 1 aromatic rings. The van der Waals surface area contributed by atoms with Crippen LogP contribution in [0, 0.1) is 5.82 Å². The first-order valence-electron chi connectivity index (χ1n) is 6.97. The zero-order valence-corrected chi connectivity index (χ0v) is 10.6. The molecule has 0 aromatic carbocycles. The fourth-order valence-electron chi connectivity index (χ4n) is 3.27. The first kappa shape index (κ1) is 11.9. The van der Waals surface area contributed by atoms with E-state index >= 15 is 0 Å². The van der Waals surface area contributed by atoms with Crippen molar-refractivity contribution in [1.82, 2.24) is 10.3 Å². The number of hydrogen-bond donors (Lipinski definition) is 1. The number of nitrogens with one attached hydrogen (secondary N) is 1. The molecule has 1 N–H and O–H groups in total. The standard InChI is InChI=1S/C14H20FN3/c15-11-5-3-9-17-14(11)18-10-2-1-7-13(18)12-6-4-8-16-12/h3,5,9,12-13,16H,1-2,4,6-8,10H2. The van der Waals surface area contributed by atoms with Crippen LogP contribution in [0.25, 0.3) is 0 Å². The van der Waals surface area contributed by atoms with Gasteiger partial charge in [-0.15, -0.1) is 0 Å². The summed E-state index contributed by atoms with van der Waals surface area (Å²) in [4.78, 5) is 6.43. The quantitative estimate of drug-likeness (QED) is 0.872. The maximum absolute atomic E-state index is 13.9. The molecule has 2 unspecified atom stereocenters. The molecule has 3 heterocycles. The third-order valence-corrected chi connectivity index (χ3v) is 4.12. The lowest BCUT2D eigenvalue weighted by Crippen LogP contribution is -2.51. The Labute approximate surface area is 107 Å². The molecule has 4 heteroatoms. The van der Waals surface area contributed by atoms with Crippen LogP contribution in [0.2, 0.25) is 0 Å². The molecule has 2 aliphatic heterocycles. The average molecular weight is 249 g/mol. The van der Waals surface area contributed by atoms with Crippen LogP contribution in [-0.4, -0.2) is 30.2 Å². The van der Waals surface area contributed by atoms with Gasteiger partial charge in [0.2, 0.25) is 0 Å². The largest absolute Gasteiger partial charge is 0.350 e. The number of hydrogen-bond acceptors (Lipinski definition) is 3. The summed E-state index contributed by atoms with van der Waals surface area (Å²) in [7, 11) is 0. The molecular weight excluding hydrogens is 229 g/mol. The first-order chi connectivity index (χ1) is 8.86. The van der Waals surface area contributed by atoms with Gasteiger partial charge in [0, 0.05) is 24.8 Å². The first-order valence-corrected chi connectivity index (χ1v) is 6.97. The molecule has 0 saturated carbocycles. The van der Waals surface area contributed by atoms with E-state index in [9.17, 15) is 4.39 Å². The van der Waals surface area contributed by atoms with Crippen LogP contribution < -0.4 is 10.2 Å². The molecule has 0 radical (unpaired) electrons. The van der Waals surface area contributed by atoms with Crippen LogP contribution in [-0.2, 0) is 0 Å². The van der Waals surface area contributed by atoms with Crippen molar-refractivity contribution < 1.29 is 4.39 Å². The minimum absolute atomic E-state index is 0.192. The van der Waals surface area contributed by atoms with Crippen molar-refractivity contribution in [2.75, 3.05) is 18.0 Å². The number of nitrogens with zero attached hydrogens (tertiary/aromatic N) is 2. The minimum atomic E-state index is -0.192. The third-order valence-electron chi connectivity index (χ3n) is 4.12. The fourth-order valence-corrected chi connectivity index (χ4v) is 3.27. The van der Waals surface area contributed by atoms with Gasteiger partial charge in [0.25, 0.3) is 0 Å². The monoisotopic (exact) mass is 249 g/mol. The van der Waals surface area contributed by atoms with Gasteiger partial charge in [-0.25, -0.2) is 9.37 Å². The van der Waals surface area contributed by atoms with E-state index in [1.54, 1.807) is 12.3 Å². The predicted molar refractivity (Wildman–Crippen MR) is 70.2 cm³/mol. The van der Waals surface area contributed by atoms with E-state index in [4.69, 9.17) is 0 Å². The Bertz CT molecular complexity index is 404. The molecular formula is C14H20FN3. The average Bonchev–Trinajstić information content (AvgIpc) is 2.93. The number of aromatic nitrogens is 1. The van der Waals surface area contributed by atoms with Crippen LogP contribution in [0.4, 0.5) is 10.2 Å². The highest BCUT2D eigenvalue weighted by Gasteiger charge is 2.33. The minimum Gasteiger partial charge on any atom is -0.350 e. The fraction of sp³-hybridized carbons (Fsp3) is 0.643. The second-order valence-electron chi connectivity index (χ2n) is 5.27. The van der Waals surface area contributed by atoms with Crippen LogP contribution in [0.5, 0.6) is 0 Å². The van der Waals surface area contributed by atoms with Gasteiger partial charge in [0.05, 0.1) is 0 Å². The van der Waals surface area contributed by atoms with E-state index in [1.807, 2.05) is 0 Å². The van der Waals surface area contributed by atoms with E-state index < -0.39 is 0 Å². The summed E-state index contributed by atoms with van der Waals surface area (Å²) in [5.41, 5.74) is 0.